The lowest BCUT2D eigenvalue weighted by molar-refractivity contribution is 0.665. The Kier molecular flexibility index (Phi) is 7.17. The molecule has 3 heteroatoms. The molecule has 0 amide bonds. The van der Waals surface area contributed by atoms with Crippen LogP contribution in [0.3, 0.4) is 0 Å². The second kappa shape index (κ2) is 12.6. The van der Waals surface area contributed by atoms with Crippen LogP contribution in [0.5, 0.6) is 0 Å². The van der Waals surface area contributed by atoms with Gasteiger partial charge in [-0.2, -0.15) is 0 Å². The van der Waals surface area contributed by atoms with E-state index in [4.69, 9.17) is 8.83 Å². The molecule has 0 fully saturated rings. The van der Waals surface area contributed by atoms with E-state index >= 15 is 0 Å². The molecule has 0 bridgehead atoms. The lowest BCUT2D eigenvalue weighted by Gasteiger charge is -2.26. The zero-order valence-electron chi connectivity index (χ0n) is 29.8. The molecule has 11 rings (SSSR count). The largest absolute Gasteiger partial charge is 0.455 e. The van der Waals surface area contributed by atoms with Crippen molar-refractivity contribution in [1.29, 1.82) is 0 Å². The van der Waals surface area contributed by atoms with Crippen molar-refractivity contribution >= 4 is 71.7 Å². The molecule has 0 radical (unpaired) electrons. The maximum Gasteiger partial charge on any atom is 0.143 e. The van der Waals surface area contributed by atoms with Crippen molar-refractivity contribution in [3.8, 4) is 33.4 Å². The first-order chi connectivity index (χ1) is 27.3. The Morgan fingerprint density at radius 3 is 1.71 bits per heavy atom. The molecule has 0 saturated carbocycles. The third-order valence-corrected chi connectivity index (χ3v) is 10.9. The van der Waals surface area contributed by atoms with E-state index in [1.807, 2.05) is 12.1 Å². The molecule has 0 unspecified atom stereocenters. The Morgan fingerprint density at radius 1 is 0.309 bits per heavy atom. The second-order valence-electron chi connectivity index (χ2n) is 14.0. The van der Waals surface area contributed by atoms with Crippen LogP contribution in [-0.2, 0) is 0 Å². The topological polar surface area (TPSA) is 29.5 Å². The van der Waals surface area contributed by atoms with Gasteiger partial charge in [-0.3, -0.25) is 0 Å². The van der Waals surface area contributed by atoms with E-state index in [0.29, 0.717) is 0 Å². The fourth-order valence-corrected chi connectivity index (χ4v) is 8.35. The van der Waals surface area contributed by atoms with Gasteiger partial charge in [0.1, 0.15) is 22.3 Å². The minimum absolute atomic E-state index is 0.861. The van der Waals surface area contributed by atoms with Gasteiger partial charge in [0.2, 0.25) is 0 Å². The molecule has 2 heterocycles. The van der Waals surface area contributed by atoms with Gasteiger partial charge in [0.25, 0.3) is 0 Å². The first-order valence-corrected chi connectivity index (χ1v) is 18.7. The fraction of sp³-hybridized carbons (Fsp3) is 0. The van der Waals surface area contributed by atoms with Crippen LogP contribution in [0, 0.1) is 0 Å². The summed E-state index contributed by atoms with van der Waals surface area (Å²) in [5.74, 6) is 0. The van der Waals surface area contributed by atoms with Crippen molar-refractivity contribution in [3.63, 3.8) is 0 Å². The lowest BCUT2D eigenvalue weighted by atomic mass is 9.93. The molecule has 0 N–H and O–H groups in total. The van der Waals surface area contributed by atoms with Gasteiger partial charge in [0, 0.05) is 55.1 Å². The van der Waals surface area contributed by atoms with E-state index < -0.39 is 0 Å². The number of anilines is 3. The molecule has 0 spiro atoms. The third kappa shape index (κ3) is 5.13. The highest BCUT2D eigenvalue weighted by molar-refractivity contribution is 6.25. The molecular weight excluding hydrogens is 671 g/mol. The van der Waals surface area contributed by atoms with Crippen molar-refractivity contribution in [1.82, 2.24) is 0 Å². The maximum atomic E-state index is 6.80. The number of nitrogens with zero attached hydrogens (tertiary/aromatic N) is 1. The molecule has 55 heavy (non-hydrogen) atoms. The second-order valence-corrected chi connectivity index (χ2v) is 14.0. The van der Waals surface area contributed by atoms with Crippen molar-refractivity contribution in [2.24, 2.45) is 0 Å². The summed E-state index contributed by atoms with van der Waals surface area (Å²) in [6.45, 7) is 0. The molecule has 3 nitrogen and oxygen atoms in total. The summed E-state index contributed by atoms with van der Waals surface area (Å²) in [7, 11) is 0. The zero-order chi connectivity index (χ0) is 36.3. The summed E-state index contributed by atoms with van der Waals surface area (Å²) in [6, 6.07) is 70.8. The highest BCUT2D eigenvalue weighted by atomic mass is 16.3. The molecule has 2 aromatic heterocycles. The highest BCUT2D eigenvalue weighted by Gasteiger charge is 2.20. The minimum Gasteiger partial charge on any atom is -0.455 e. The van der Waals surface area contributed by atoms with Gasteiger partial charge in [-0.1, -0.05) is 152 Å². The van der Waals surface area contributed by atoms with E-state index in [1.165, 1.54) is 27.5 Å². The Hall–Kier alpha value is -7.36. The van der Waals surface area contributed by atoms with Crippen LogP contribution in [0.2, 0.25) is 0 Å². The monoisotopic (exact) mass is 703 g/mol. The van der Waals surface area contributed by atoms with Crippen LogP contribution in [0.25, 0.3) is 88.0 Å². The maximum absolute atomic E-state index is 6.80. The molecule has 0 atom stereocenters. The summed E-state index contributed by atoms with van der Waals surface area (Å²) in [5, 5.41) is 6.78. The molecule has 0 aliphatic rings. The average molecular weight is 704 g/mol. The quantitative estimate of drug-likeness (QED) is 0.173. The van der Waals surface area contributed by atoms with E-state index in [-0.39, 0.29) is 0 Å². The van der Waals surface area contributed by atoms with E-state index in [0.717, 1.165) is 77.6 Å². The number of fused-ring (bicyclic) bond motifs is 8. The van der Waals surface area contributed by atoms with Crippen molar-refractivity contribution in [2.45, 2.75) is 0 Å². The van der Waals surface area contributed by atoms with Crippen molar-refractivity contribution < 1.29 is 8.83 Å². The number of benzene rings is 9. The zero-order valence-corrected chi connectivity index (χ0v) is 29.8. The Bertz CT molecular complexity index is 3190. The summed E-state index contributed by atoms with van der Waals surface area (Å²) in [6.07, 6.45) is 0. The van der Waals surface area contributed by atoms with Crippen molar-refractivity contribution in [3.05, 3.63) is 200 Å². The van der Waals surface area contributed by atoms with Gasteiger partial charge in [0.15, 0.2) is 0 Å². The van der Waals surface area contributed by atoms with Gasteiger partial charge in [-0.05, 0) is 76.2 Å². The molecule has 258 valence electrons. The van der Waals surface area contributed by atoms with E-state index in [1.54, 1.807) is 0 Å². The molecular formula is C52H33NO2. The van der Waals surface area contributed by atoms with Crippen molar-refractivity contribution in [2.75, 3.05) is 4.90 Å². The normalized spacial score (nSPS) is 11.6. The molecule has 0 aliphatic carbocycles. The van der Waals surface area contributed by atoms with Gasteiger partial charge in [-0.25, -0.2) is 0 Å². The predicted molar refractivity (Wildman–Crippen MR) is 229 cm³/mol. The summed E-state index contributed by atoms with van der Waals surface area (Å²) in [4.78, 5) is 2.32. The number of para-hydroxylation sites is 4. The highest BCUT2D eigenvalue weighted by Crippen LogP contribution is 2.45. The van der Waals surface area contributed by atoms with Crippen LogP contribution >= 0.6 is 0 Å². The molecule has 9 aromatic carbocycles. The van der Waals surface area contributed by atoms with Crippen LogP contribution < -0.4 is 4.90 Å². The van der Waals surface area contributed by atoms with E-state index in [2.05, 4.69) is 193 Å². The number of furan rings is 2. The Balaban J connectivity index is 1.05. The first-order valence-electron chi connectivity index (χ1n) is 18.7. The smallest absolute Gasteiger partial charge is 0.143 e. The van der Waals surface area contributed by atoms with Gasteiger partial charge < -0.3 is 13.7 Å². The molecule has 0 aliphatic heterocycles. The first kappa shape index (κ1) is 31.2. The minimum atomic E-state index is 0.861. The standard InChI is InChI=1S/C52H33NO2/c1-3-13-34(14-4-1)37-16-9-19-40(33-37)53(38-17-5-2-6-18-38)39-30-27-35(28-31-39)41-21-10-15-36-29-32-48-50(49(36)41)46-25-12-24-45(52(46)55-48)44-23-11-22-43-42-20-7-8-26-47(42)54-51(43)44/h1-33H. The molecule has 11 aromatic rings. The van der Waals surface area contributed by atoms with Crippen LogP contribution in [-0.4, -0.2) is 0 Å². The summed E-state index contributed by atoms with van der Waals surface area (Å²) < 4.78 is 13.3. The number of rotatable bonds is 6. The van der Waals surface area contributed by atoms with Crippen LogP contribution in [0.1, 0.15) is 0 Å². The van der Waals surface area contributed by atoms with E-state index in [9.17, 15) is 0 Å². The number of hydrogen-bond donors (Lipinski definition) is 0. The summed E-state index contributed by atoms with van der Waals surface area (Å²) >= 11 is 0. The number of hydrogen-bond acceptors (Lipinski definition) is 3. The predicted octanol–water partition coefficient (Wildman–Crippen LogP) is 15.1. The Labute approximate surface area is 317 Å². The third-order valence-electron chi connectivity index (χ3n) is 10.9. The van der Waals surface area contributed by atoms with Gasteiger partial charge in [0.05, 0.1) is 0 Å². The van der Waals surface area contributed by atoms with Gasteiger partial charge in [-0.15, -0.1) is 0 Å². The molecule has 0 saturated heterocycles. The van der Waals surface area contributed by atoms with Gasteiger partial charge >= 0.3 is 0 Å². The summed E-state index contributed by atoms with van der Waals surface area (Å²) in [5.41, 5.74) is 13.5. The Morgan fingerprint density at radius 2 is 0.891 bits per heavy atom. The fourth-order valence-electron chi connectivity index (χ4n) is 8.35. The van der Waals surface area contributed by atoms with Crippen LogP contribution in [0.15, 0.2) is 209 Å². The van der Waals surface area contributed by atoms with Crippen LogP contribution in [0.4, 0.5) is 17.1 Å². The lowest BCUT2D eigenvalue weighted by Crippen LogP contribution is -2.09. The SMILES string of the molecule is c1ccc(-c2cccc(N(c3ccccc3)c3ccc(-c4cccc5ccc6oc7c(-c8cccc9c8oc8ccccc89)cccc7c6c45)cc3)c2)cc1. The average Bonchev–Trinajstić information content (AvgIpc) is 3.84.